The molecule has 184 valence electrons. The summed E-state index contributed by atoms with van der Waals surface area (Å²) >= 11 is 1.37. The predicted octanol–water partition coefficient (Wildman–Crippen LogP) is 0.487. The number of carboxylic acid groups (broad SMARTS) is 1. The number of amides is 2. The van der Waals surface area contributed by atoms with E-state index in [0.717, 1.165) is 10.8 Å². The van der Waals surface area contributed by atoms with Crippen LogP contribution in [0, 0.1) is 0 Å². The van der Waals surface area contributed by atoms with Gasteiger partial charge < -0.3 is 25.5 Å². The van der Waals surface area contributed by atoms with Gasteiger partial charge in [-0.05, 0) is 11.5 Å². The second kappa shape index (κ2) is 9.34. The summed E-state index contributed by atoms with van der Waals surface area (Å²) in [5, 5.41) is 21.4. The maximum atomic E-state index is 13.0. The number of hydrogen-bond acceptors (Lipinski definition) is 9. The highest BCUT2D eigenvalue weighted by Crippen LogP contribution is 2.40. The van der Waals surface area contributed by atoms with Gasteiger partial charge in [-0.15, -0.1) is 11.8 Å². The van der Waals surface area contributed by atoms with Crippen LogP contribution >= 0.6 is 11.8 Å². The maximum absolute atomic E-state index is 13.0. The first-order valence-corrected chi connectivity index (χ1v) is 11.8. The van der Waals surface area contributed by atoms with Crippen LogP contribution < -0.4 is 15.6 Å². The van der Waals surface area contributed by atoms with Crippen molar-refractivity contribution in [2.75, 3.05) is 18.6 Å². The number of aliphatic carboxylic acids is 1. The Hall–Kier alpha value is -4.39. The smallest absolute Gasteiger partial charge is 0.352 e. The molecule has 12 nitrogen and oxygen atoms in total. The van der Waals surface area contributed by atoms with E-state index in [9.17, 15) is 19.5 Å². The van der Waals surface area contributed by atoms with E-state index >= 15 is 0 Å². The van der Waals surface area contributed by atoms with Crippen LogP contribution in [0.3, 0.4) is 0 Å². The zero-order chi connectivity index (χ0) is 25.4. The number of benzene rings is 1. The van der Waals surface area contributed by atoms with E-state index in [-0.39, 0.29) is 23.0 Å². The summed E-state index contributed by atoms with van der Waals surface area (Å²) in [7, 11) is 1.25. The predicted molar refractivity (Wildman–Crippen MR) is 128 cm³/mol. The minimum atomic E-state index is -1.20. The third kappa shape index (κ3) is 4.13. The largest absolute Gasteiger partial charge is 0.477 e. The van der Waals surface area contributed by atoms with Gasteiger partial charge in [0.05, 0.1) is 0 Å². The van der Waals surface area contributed by atoms with Gasteiger partial charge in [0.1, 0.15) is 29.9 Å². The Balaban J connectivity index is 1.36. The molecule has 2 amide bonds. The fourth-order valence-electron chi connectivity index (χ4n) is 4.21. The molecule has 1 fully saturated rings. The molecular weight excluding hydrogens is 488 g/mol. The first-order chi connectivity index (χ1) is 17.4. The van der Waals surface area contributed by atoms with Crippen molar-refractivity contribution in [3.63, 3.8) is 0 Å². The Labute approximate surface area is 208 Å². The maximum Gasteiger partial charge on any atom is 0.352 e. The number of nitrogens with one attached hydrogen (secondary N) is 1. The van der Waals surface area contributed by atoms with Gasteiger partial charge in [-0.1, -0.05) is 28.5 Å². The molecule has 2 aliphatic rings. The summed E-state index contributed by atoms with van der Waals surface area (Å²) in [6, 6.07) is 10.2. The van der Waals surface area contributed by atoms with Gasteiger partial charge >= 0.3 is 5.97 Å². The fourth-order valence-corrected chi connectivity index (χ4v) is 5.54. The number of carboxylic acids is 1. The van der Waals surface area contributed by atoms with E-state index in [1.165, 1.54) is 29.8 Å². The molecule has 0 spiro atoms. The Morgan fingerprint density at radius 1 is 1.36 bits per heavy atom. The first-order valence-electron chi connectivity index (χ1n) is 10.8. The molecule has 1 aromatic carbocycles. The number of hydrogen-bond donors (Lipinski definition) is 3. The lowest BCUT2D eigenvalue weighted by atomic mass is 10.0. The number of nitrogen functional groups attached to an aromatic ring is 1. The highest BCUT2D eigenvalue weighted by atomic mass is 32.2. The van der Waals surface area contributed by atoms with E-state index in [2.05, 4.69) is 15.6 Å². The van der Waals surface area contributed by atoms with Crippen LogP contribution in [0.15, 0.2) is 69.7 Å². The molecule has 36 heavy (non-hydrogen) atoms. The molecule has 5 rings (SSSR count). The number of rotatable bonds is 7. The molecule has 2 aliphatic heterocycles. The van der Waals surface area contributed by atoms with Gasteiger partial charge in [0.2, 0.25) is 5.88 Å². The number of β-lactam (4-membered cyclic amide) rings is 1. The summed E-state index contributed by atoms with van der Waals surface area (Å²) in [5.41, 5.74) is 5.86. The number of thioether (sulfide) groups is 1. The zero-order valence-electron chi connectivity index (χ0n) is 19.0. The van der Waals surface area contributed by atoms with Crippen LogP contribution in [-0.4, -0.2) is 62.9 Å². The SMILES string of the molecule is CO/N=C(\C(=O)NC1C(=O)N2C(C(=O)O)=C(C[n+]3ccc4ccccc4c3)CS[C@H]12)c1cc(N)on1. The van der Waals surface area contributed by atoms with Crippen LogP contribution in [0.2, 0.25) is 0 Å². The fraction of sp³-hybridized carbons (Fsp3) is 0.217. The Morgan fingerprint density at radius 2 is 2.14 bits per heavy atom. The molecule has 0 aliphatic carbocycles. The van der Waals surface area contributed by atoms with Crippen LogP contribution in [0.25, 0.3) is 10.8 Å². The molecule has 4 heterocycles. The lowest BCUT2D eigenvalue weighted by Crippen LogP contribution is -2.71. The molecular formula is C23H21N6O6S+. The minimum Gasteiger partial charge on any atom is -0.477 e. The van der Waals surface area contributed by atoms with Crippen molar-refractivity contribution >= 4 is 51.9 Å². The van der Waals surface area contributed by atoms with Crippen LogP contribution in [0.4, 0.5) is 5.88 Å². The second-order valence-corrected chi connectivity index (χ2v) is 9.21. The van der Waals surface area contributed by atoms with Gasteiger partial charge in [0, 0.05) is 28.8 Å². The second-order valence-electron chi connectivity index (χ2n) is 8.10. The lowest BCUT2D eigenvalue weighted by molar-refractivity contribution is -0.687. The summed E-state index contributed by atoms with van der Waals surface area (Å²) in [4.78, 5) is 44.0. The van der Waals surface area contributed by atoms with Crippen molar-refractivity contribution in [3.8, 4) is 0 Å². The van der Waals surface area contributed by atoms with Gasteiger partial charge in [0.15, 0.2) is 24.7 Å². The van der Waals surface area contributed by atoms with Crippen LogP contribution in [-0.2, 0) is 25.8 Å². The molecule has 0 bridgehead atoms. The van der Waals surface area contributed by atoms with Crippen molar-refractivity contribution in [3.05, 3.63) is 65.8 Å². The average Bonchev–Trinajstić information content (AvgIpc) is 3.30. The third-order valence-electron chi connectivity index (χ3n) is 5.82. The Bertz CT molecular complexity index is 1450. The third-order valence-corrected chi connectivity index (χ3v) is 7.16. The average molecular weight is 510 g/mol. The number of nitrogens with two attached hydrogens (primary N) is 1. The number of oxime groups is 1. The molecule has 1 saturated heterocycles. The molecule has 2 aromatic heterocycles. The van der Waals surface area contributed by atoms with Gasteiger partial charge in [-0.25, -0.2) is 9.36 Å². The van der Waals surface area contributed by atoms with Crippen LogP contribution in [0.1, 0.15) is 5.69 Å². The number of fused-ring (bicyclic) bond motifs is 2. The molecule has 0 saturated carbocycles. The Kier molecular flexibility index (Phi) is 6.06. The molecule has 3 aromatic rings. The van der Waals surface area contributed by atoms with E-state index < -0.39 is 29.2 Å². The summed E-state index contributed by atoms with van der Waals surface area (Å²) in [6.45, 7) is 0.311. The number of carbonyl (C=O) groups excluding carboxylic acids is 2. The normalized spacial score (nSPS) is 19.6. The number of aromatic nitrogens is 2. The van der Waals surface area contributed by atoms with Gasteiger partial charge in [0.25, 0.3) is 11.8 Å². The van der Waals surface area contributed by atoms with Crippen molar-refractivity contribution in [2.24, 2.45) is 5.16 Å². The highest BCUT2D eigenvalue weighted by molar-refractivity contribution is 8.00. The van der Waals surface area contributed by atoms with Crippen LogP contribution in [0.5, 0.6) is 0 Å². The summed E-state index contributed by atoms with van der Waals surface area (Å²) in [6.07, 6.45) is 3.81. The zero-order valence-corrected chi connectivity index (χ0v) is 19.8. The van der Waals surface area contributed by atoms with Gasteiger partial charge in [-0.3, -0.25) is 14.5 Å². The standard InChI is InChI=1S/C23H20N6O6S/c1-34-27-17(15-8-16(24)35-26-15)20(30)25-18-21(31)29-19(23(32)33)14(11-36-22(18)29)10-28-7-6-12-4-2-3-5-13(12)9-28/h2-9,18,22H,10-11H2,1H3,(H3-,24,25,26,30,32,33)/p+1/b27-17-/t18?,22-/m1/s1. The van der Waals surface area contributed by atoms with E-state index in [1.54, 1.807) is 0 Å². The lowest BCUT2D eigenvalue weighted by Gasteiger charge is -2.49. The molecule has 2 atom stereocenters. The number of anilines is 1. The quantitative estimate of drug-likeness (QED) is 0.178. The number of carbonyl (C=O) groups is 3. The molecule has 4 N–H and O–H groups in total. The van der Waals surface area contributed by atoms with Crippen molar-refractivity contribution in [1.29, 1.82) is 0 Å². The van der Waals surface area contributed by atoms with Gasteiger partial charge in [-0.2, -0.15) is 0 Å². The van der Waals surface area contributed by atoms with Crippen molar-refractivity contribution in [2.45, 2.75) is 18.0 Å². The number of pyridine rings is 1. The number of nitrogens with zero attached hydrogens (tertiary/aromatic N) is 4. The molecule has 1 unspecified atom stereocenters. The molecule has 0 radical (unpaired) electrons. The van der Waals surface area contributed by atoms with E-state index in [4.69, 9.17) is 15.1 Å². The highest BCUT2D eigenvalue weighted by Gasteiger charge is 2.54. The summed E-state index contributed by atoms with van der Waals surface area (Å²) < 4.78 is 6.67. The van der Waals surface area contributed by atoms with E-state index in [1.807, 2.05) is 47.3 Å². The molecule has 13 heteroatoms. The topological polar surface area (TPSA) is 164 Å². The van der Waals surface area contributed by atoms with Crippen molar-refractivity contribution < 1.29 is 33.4 Å². The Morgan fingerprint density at radius 3 is 2.83 bits per heavy atom. The van der Waals surface area contributed by atoms with E-state index in [0.29, 0.717) is 17.9 Å². The van der Waals surface area contributed by atoms with Crippen molar-refractivity contribution in [1.82, 2.24) is 15.4 Å². The summed E-state index contributed by atoms with van der Waals surface area (Å²) in [5.74, 6) is -2.11. The minimum absolute atomic E-state index is 0.0246. The monoisotopic (exact) mass is 509 g/mol. The first kappa shape index (κ1) is 23.4.